The molecule has 3 atom stereocenters. The van der Waals surface area contributed by atoms with E-state index in [1.165, 1.54) is 193 Å². The fourth-order valence-electron chi connectivity index (χ4n) is 12.9. The highest BCUT2D eigenvalue weighted by molar-refractivity contribution is 4.75. The van der Waals surface area contributed by atoms with Crippen molar-refractivity contribution in [3.05, 3.63) is 0 Å². The van der Waals surface area contributed by atoms with Gasteiger partial charge in [-0.05, 0) is 189 Å². The van der Waals surface area contributed by atoms with Gasteiger partial charge in [-0.3, -0.25) is 4.90 Å². The van der Waals surface area contributed by atoms with Gasteiger partial charge in [0.15, 0.2) is 0 Å². The van der Waals surface area contributed by atoms with Crippen molar-refractivity contribution < 1.29 is 18.9 Å². The molecule has 7 heteroatoms. The van der Waals surface area contributed by atoms with Crippen LogP contribution in [0.1, 0.15) is 423 Å². The van der Waals surface area contributed by atoms with Gasteiger partial charge in [-0.15, -0.1) is 0 Å². The van der Waals surface area contributed by atoms with E-state index in [0.717, 1.165) is 130 Å². The van der Waals surface area contributed by atoms with E-state index in [1.807, 2.05) is 125 Å². The van der Waals surface area contributed by atoms with Gasteiger partial charge < -0.3 is 29.2 Å². The quantitative estimate of drug-likeness (QED) is 0.247. The van der Waals surface area contributed by atoms with Gasteiger partial charge in [0.25, 0.3) is 0 Å². The van der Waals surface area contributed by atoms with Crippen molar-refractivity contribution >= 4 is 0 Å². The van der Waals surface area contributed by atoms with E-state index in [-0.39, 0.29) is 0 Å². The van der Waals surface area contributed by atoms with Gasteiger partial charge in [0, 0.05) is 57.7 Å². The molecule has 0 aromatic rings. The Morgan fingerprint density at radius 3 is 0.804 bits per heavy atom. The molecule has 97 heavy (non-hydrogen) atoms. The van der Waals surface area contributed by atoms with Gasteiger partial charge in [-0.25, -0.2) is 0 Å². The zero-order chi connectivity index (χ0) is 76.8. The van der Waals surface area contributed by atoms with Crippen molar-refractivity contribution in [2.75, 3.05) is 72.6 Å². The third kappa shape index (κ3) is 75.2. The average Bonchev–Trinajstić information content (AvgIpc) is 4.22. The van der Waals surface area contributed by atoms with Crippen LogP contribution in [0.2, 0.25) is 0 Å². The molecular weight excluding hydrogens is 1190 g/mol. The van der Waals surface area contributed by atoms with E-state index in [2.05, 4.69) is 140 Å². The van der Waals surface area contributed by atoms with Crippen molar-refractivity contribution in [2.45, 2.75) is 447 Å². The van der Waals surface area contributed by atoms with Crippen LogP contribution in [0.5, 0.6) is 0 Å². The first-order chi connectivity index (χ1) is 46.7. The van der Waals surface area contributed by atoms with Crippen LogP contribution in [0.25, 0.3) is 0 Å². The number of hydrogen-bond acceptors (Lipinski definition) is 7. The third-order valence-electron chi connectivity index (χ3n) is 19.6. The highest BCUT2D eigenvalue weighted by Crippen LogP contribution is 2.31. The van der Waals surface area contributed by atoms with Crippen molar-refractivity contribution in [1.82, 2.24) is 15.1 Å². The molecule has 7 nitrogen and oxygen atoms in total. The summed E-state index contributed by atoms with van der Waals surface area (Å²) in [5.41, 5.74) is 0. The number of likely N-dealkylation sites (tertiary alicyclic amines) is 1. The van der Waals surface area contributed by atoms with E-state index in [9.17, 15) is 0 Å². The van der Waals surface area contributed by atoms with Crippen LogP contribution in [0.15, 0.2) is 0 Å². The Labute approximate surface area is 621 Å². The van der Waals surface area contributed by atoms with Gasteiger partial charge in [-0.1, -0.05) is 324 Å². The maximum atomic E-state index is 5.54. The summed E-state index contributed by atoms with van der Waals surface area (Å²) in [6.45, 7) is 89.0. The van der Waals surface area contributed by atoms with Crippen molar-refractivity contribution in [2.24, 2.45) is 71.0 Å². The first kappa shape index (κ1) is 115. The molecule has 6 aliphatic heterocycles. The van der Waals surface area contributed by atoms with E-state index < -0.39 is 0 Å². The first-order valence-corrected chi connectivity index (χ1v) is 44.3. The van der Waals surface area contributed by atoms with Crippen LogP contribution in [-0.2, 0) is 18.9 Å². The summed E-state index contributed by atoms with van der Waals surface area (Å²) in [4.78, 5) is 4.83. The molecule has 600 valence electrons. The second-order valence-corrected chi connectivity index (χ2v) is 29.1. The molecule has 0 radical (unpaired) electrons. The molecule has 1 N–H and O–H groups in total. The topological polar surface area (TPSA) is 55.4 Å². The van der Waals surface area contributed by atoms with Crippen LogP contribution < -0.4 is 5.32 Å². The smallest absolute Gasteiger partial charge is 0.0993 e. The molecule has 0 aromatic heterocycles. The molecule has 0 spiro atoms. The Balaban J connectivity index is -0.000000125. The fraction of sp³-hybridized carbons (Fsp3) is 1.00. The molecule has 3 saturated carbocycles. The second kappa shape index (κ2) is 91.8. The number of nitrogens with zero attached hydrogens (tertiary/aromatic N) is 2. The standard InChI is InChI=1S/3C9H18.C8H17N.3C8H16O.C7H15N.C6H13NO.9C2H6/c3*1-8(2)9-6-4-3-5-7-9;1-7(2)8-5-3-4-6-9-8;1-7(2)8-3-5-9-6-4-8;1-7(2)8-4-3-5-9-6-8;1-7(2)8-5-3-4-6-9-8;1-7(2)8-5-3-4-6-8;1-6(2)7-3-4-8-5-7;9*1-2/h3*8-9H,3-7H2,1-2H3;7-9H,3-6H2,1-2H3;3*7-8H,3-6H2,1-2H3;7H,3-6H2,1-2H3;6H,3-5H2,1-2H3;9*1-2H3. The average molecular weight is 1390 g/mol. The Kier molecular flexibility index (Phi) is 109. The zero-order valence-corrected chi connectivity index (χ0v) is 75.1. The monoisotopic (exact) mass is 1390 g/mol. The van der Waals surface area contributed by atoms with Crippen LogP contribution in [0.3, 0.4) is 0 Å². The fourth-order valence-corrected chi connectivity index (χ4v) is 12.9. The molecule has 6 saturated heterocycles. The largest absolute Gasteiger partial charge is 0.381 e. The van der Waals surface area contributed by atoms with E-state index in [4.69, 9.17) is 18.9 Å². The summed E-state index contributed by atoms with van der Waals surface area (Å²) in [5.74, 6) is 10.9. The summed E-state index contributed by atoms with van der Waals surface area (Å²) < 4.78 is 21.3. The highest BCUT2D eigenvalue weighted by atomic mass is 16.5. The minimum atomic E-state index is 0.554. The summed E-state index contributed by atoms with van der Waals surface area (Å²) in [6, 6.07) is 2.23. The predicted octanol–water partition coefficient (Wildman–Crippen LogP) is 29.2. The number of piperidine rings is 1. The van der Waals surface area contributed by atoms with E-state index >= 15 is 0 Å². The van der Waals surface area contributed by atoms with Crippen LogP contribution in [-0.4, -0.2) is 107 Å². The van der Waals surface area contributed by atoms with Crippen LogP contribution in [0.4, 0.5) is 0 Å². The highest BCUT2D eigenvalue weighted by Gasteiger charge is 2.21. The van der Waals surface area contributed by atoms with Gasteiger partial charge in [-0.2, -0.15) is 0 Å². The lowest BCUT2D eigenvalue weighted by atomic mass is 9.82. The summed E-state index contributed by atoms with van der Waals surface area (Å²) >= 11 is 0. The summed E-state index contributed by atoms with van der Waals surface area (Å²) in [6.07, 6.45) is 39.1. The van der Waals surface area contributed by atoms with Crippen LogP contribution >= 0.6 is 0 Å². The van der Waals surface area contributed by atoms with E-state index in [0.29, 0.717) is 18.1 Å². The van der Waals surface area contributed by atoms with Gasteiger partial charge >= 0.3 is 0 Å². The molecule has 0 amide bonds. The molecule has 0 bridgehead atoms. The molecule has 3 aliphatic carbocycles. The van der Waals surface area contributed by atoms with Crippen molar-refractivity contribution in [3.8, 4) is 0 Å². The lowest BCUT2D eigenvalue weighted by Crippen LogP contribution is -2.37. The van der Waals surface area contributed by atoms with Gasteiger partial charge in [0.05, 0.1) is 19.4 Å². The molecule has 6 heterocycles. The second-order valence-electron chi connectivity index (χ2n) is 29.1. The number of rotatable bonds is 9. The lowest BCUT2D eigenvalue weighted by molar-refractivity contribution is -0.0115. The third-order valence-corrected chi connectivity index (χ3v) is 19.6. The Bertz CT molecular complexity index is 1020. The molecule has 3 unspecified atom stereocenters. The molecule has 9 aliphatic rings. The van der Waals surface area contributed by atoms with Crippen LogP contribution in [0, 0.1) is 71.0 Å². The summed E-state index contributed by atoms with van der Waals surface area (Å²) in [5, 5.41) is 3.52. The molecule has 9 fully saturated rings. The number of hydrogen-bond donors (Lipinski definition) is 1. The maximum absolute atomic E-state index is 5.54. The van der Waals surface area contributed by atoms with Gasteiger partial charge in [0.2, 0.25) is 0 Å². The number of nitrogens with one attached hydrogen (secondary N) is 1. The normalized spacial score (nSPS) is 20.9. The molecule has 9 rings (SSSR count). The zero-order valence-electron chi connectivity index (χ0n) is 75.1. The minimum Gasteiger partial charge on any atom is -0.381 e. The SMILES string of the molecule is CC.CC.CC.CC.CC.CC.CC.CC.CC.CC(C)C1CCCCC1.CC(C)C1CCCCC1.CC(C)C1CCCCC1.CC(C)C1CCCCN1.CC(C)C1CCCCO1.CC(C)C1CCCOC1.CC(C)C1CCOCC1.CC(C)N1CCCC1.CC(C)N1CCOC1. The Morgan fingerprint density at radius 2 is 0.608 bits per heavy atom. The Morgan fingerprint density at radius 1 is 0.258 bits per heavy atom. The van der Waals surface area contributed by atoms with Crippen molar-refractivity contribution in [1.29, 1.82) is 0 Å². The summed E-state index contributed by atoms with van der Waals surface area (Å²) in [7, 11) is 0. The first-order valence-electron chi connectivity index (χ1n) is 44.3. The molecule has 0 aromatic carbocycles. The van der Waals surface area contributed by atoms with E-state index in [1.54, 1.807) is 0 Å². The molecular formula is C90H201N3O4. The minimum absolute atomic E-state index is 0.554. The predicted molar refractivity (Wildman–Crippen MR) is 451 cm³/mol. The van der Waals surface area contributed by atoms with Gasteiger partial charge in [0.1, 0.15) is 0 Å². The Hall–Kier alpha value is -0.280. The number of ether oxygens (including phenoxy) is 4. The lowest BCUT2D eigenvalue weighted by Gasteiger charge is -2.26. The van der Waals surface area contributed by atoms with Crippen molar-refractivity contribution in [3.63, 3.8) is 0 Å². The maximum Gasteiger partial charge on any atom is 0.0993 e.